The average Bonchev–Trinajstić information content (AvgIpc) is 2.91. The van der Waals surface area contributed by atoms with Gasteiger partial charge in [-0.05, 0) is 56.2 Å². The maximum Gasteiger partial charge on any atom is 0.119 e. The Kier molecular flexibility index (Phi) is 5.33. The first-order chi connectivity index (χ1) is 9.74. The molecule has 0 radical (unpaired) electrons. The molecule has 0 aromatic heterocycles. The van der Waals surface area contributed by atoms with Crippen molar-refractivity contribution in [2.24, 2.45) is 5.92 Å². The van der Waals surface area contributed by atoms with Crippen molar-refractivity contribution in [1.82, 2.24) is 5.32 Å². The van der Waals surface area contributed by atoms with Crippen LogP contribution in [0.5, 0.6) is 5.75 Å². The van der Waals surface area contributed by atoms with Crippen molar-refractivity contribution in [1.29, 1.82) is 5.26 Å². The van der Waals surface area contributed by atoms with Gasteiger partial charge in [0.25, 0.3) is 0 Å². The smallest absolute Gasteiger partial charge is 0.119 e. The zero-order valence-electron chi connectivity index (χ0n) is 12.2. The van der Waals surface area contributed by atoms with E-state index in [1.807, 2.05) is 30.9 Å². The van der Waals surface area contributed by atoms with Crippen molar-refractivity contribution in [2.75, 3.05) is 19.9 Å². The summed E-state index contributed by atoms with van der Waals surface area (Å²) in [6.07, 6.45) is 4.38. The van der Waals surface area contributed by atoms with Crippen LogP contribution in [0.15, 0.2) is 29.2 Å². The number of benzene rings is 1. The van der Waals surface area contributed by atoms with Gasteiger partial charge in [-0.2, -0.15) is 5.26 Å². The lowest BCUT2D eigenvalue weighted by Gasteiger charge is -2.28. The molecule has 3 nitrogen and oxygen atoms in total. The largest absolute Gasteiger partial charge is 0.497 e. The van der Waals surface area contributed by atoms with Crippen molar-refractivity contribution < 1.29 is 4.74 Å². The van der Waals surface area contributed by atoms with Crippen LogP contribution >= 0.6 is 11.8 Å². The molecular weight excluding hydrogens is 268 g/mol. The molecule has 1 aliphatic rings. The molecule has 0 amide bonds. The van der Waals surface area contributed by atoms with Gasteiger partial charge in [0.05, 0.1) is 13.2 Å². The van der Waals surface area contributed by atoms with Crippen LogP contribution in [-0.2, 0) is 0 Å². The van der Waals surface area contributed by atoms with Crippen molar-refractivity contribution in [3.05, 3.63) is 24.3 Å². The zero-order chi connectivity index (χ0) is 14.4. The fourth-order valence-electron chi connectivity index (χ4n) is 3.01. The van der Waals surface area contributed by atoms with Gasteiger partial charge in [-0.25, -0.2) is 0 Å². The van der Waals surface area contributed by atoms with Crippen molar-refractivity contribution in [3.63, 3.8) is 0 Å². The van der Waals surface area contributed by atoms with Crippen LogP contribution in [0.25, 0.3) is 0 Å². The third-order valence-corrected chi connectivity index (χ3v) is 5.27. The van der Waals surface area contributed by atoms with E-state index in [0.29, 0.717) is 5.92 Å². The molecule has 4 heteroatoms. The molecule has 2 unspecified atom stereocenters. The number of nitriles is 1. The number of rotatable bonds is 6. The van der Waals surface area contributed by atoms with Crippen molar-refractivity contribution in [2.45, 2.75) is 36.1 Å². The van der Waals surface area contributed by atoms with E-state index >= 15 is 0 Å². The lowest BCUT2D eigenvalue weighted by molar-refractivity contribution is 0.332. The van der Waals surface area contributed by atoms with Gasteiger partial charge in [0.15, 0.2) is 0 Å². The maximum absolute atomic E-state index is 9.44. The van der Waals surface area contributed by atoms with Gasteiger partial charge in [0.2, 0.25) is 0 Å². The molecule has 1 fully saturated rings. The standard InChI is InChI=1S/C16H22N2OS/c1-18-16(12-17)9-4-5-13(16)8-10-20-15-7-3-6-14(11-15)19-2/h3,6-7,11,13,18H,4-5,8-10H2,1-2H3. The Morgan fingerprint density at radius 3 is 3.10 bits per heavy atom. The minimum absolute atomic E-state index is 0.297. The molecule has 0 aliphatic heterocycles. The number of nitrogens with one attached hydrogen (secondary N) is 1. The fraction of sp³-hybridized carbons (Fsp3) is 0.562. The quantitative estimate of drug-likeness (QED) is 0.815. The minimum Gasteiger partial charge on any atom is -0.497 e. The molecule has 0 bridgehead atoms. The second-order valence-corrected chi connectivity index (χ2v) is 6.41. The van der Waals surface area contributed by atoms with Gasteiger partial charge in [0.1, 0.15) is 11.3 Å². The first kappa shape index (κ1) is 15.2. The molecule has 0 spiro atoms. The molecule has 1 aromatic carbocycles. The van der Waals surface area contributed by atoms with E-state index in [1.54, 1.807) is 7.11 Å². The van der Waals surface area contributed by atoms with E-state index in [-0.39, 0.29) is 5.54 Å². The van der Waals surface area contributed by atoms with E-state index in [0.717, 1.165) is 37.2 Å². The van der Waals surface area contributed by atoms with Gasteiger partial charge in [-0.3, -0.25) is 0 Å². The van der Waals surface area contributed by atoms with Crippen molar-refractivity contribution >= 4 is 11.8 Å². The van der Waals surface area contributed by atoms with Crippen LogP contribution in [0.1, 0.15) is 25.7 Å². The van der Waals surface area contributed by atoms with Crippen molar-refractivity contribution in [3.8, 4) is 11.8 Å². The van der Waals surface area contributed by atoms with Crippen LogP contribution in [0.4, 0.5) is 0 Å². The van der Waals surface area contributed by atoms with E-state index in [1.165, 1.54) is 4.90 Å². The molecule has 2 rings (SSSR count). The monoisotopic (exact) mass is 290 g/mol. The molecule has 0 heterocycles. The second kappa shape index (κ2) is 7.01. The summed E-state index contributed by atoms with van der Waals surface area (Å²) in [7, 11) is 3.60. The van der Waals surface area contributed by atoms with E-state index in [2.05, 4.69) is 23.5 Å². The van der Waals surface area contributed by atoms with Crippen LogP contribution in [-0.4, -0.2) is 25.4 Å². The highest BCUT2D eigenvalue weighted by atomic mass is 32.2. The Balaban J connectivity index is 1.88. The third kappa shape index (κ3) is 3.28. The number of hydrogen-bond acceptors (Lipinski definition) is 4. The first-order valence-corrected chi connectivity index (χ1v) is 8.09. The SMILES string of the molecule is CNC1(C#N)CCCC1CCSc1cccc(OC)c1. The molecule has 20 heavy (non-hydrogen) atoms. The molecule has 1 saturated carbocycles. The predicted octanol–water partition coefficient (Wildman–Crippen LogP) is 3.46. The molecule has 1 aliphatic carbocycles. The summed E-state index contributed by atoms with van der Waals surface area (Å²) in [6, 6.07) is 10.7. The molecule has 0 saturated heterocycles. The first-order valence-electron chi connectivity index (χ1n) is 7.11. The summed E-state index contributed by atoms with van der Waals surface area (Å²) in [5, 5.41) is 12.7. The molecular formula is C16H22N2OS. The Hall–Kier alpha value is -1.18. The highest BCUT2D eigenvalue weighted by molar-refractivity contribution is 7.99. The summed E-state index contributed by atoms with van der Waals surface area (Å²) in [5.74, 6) is 2.41. The molecule has 1 aromatic rings. The van der Waals surface area contributed by atoms with Crippen LogP contribution < -0.4 is 10.1 Å². The number of methoxy groups -OCH3 is 1. The fourth-order valence-corrected chi connectivity index (χ4v) is 4.02. The van der Waals surface area contributed by atoms with Crippen LogP contribution in [0.2, 0.25) is 0 Å². The minimum atomic E-state index is -0.297. The van der Waals surface area contributed by atoms with E-state index < -0.39 is 0 Å². The summed E-state index contributed by atoms with van der Waals surface area (Å²) < 4.78 is 5.24. The van der Waals surface area contributed by atoms with Gasteiger partial charge < -0.3 is 10.1 Å². The highest BCUT2D eigenvalue weighted by Gasteiger charge is 2.41. The molecule has 2 atom stereocenters. The average molecular weight is 290 g/mol. The zero-order valence-corrected chi connectivity index (χ0v) is 13.0. The van der Waals surface area contributed by atoms with Gasteiger partial charge in [-0.1, -0.05) is 12.5 Å². The molecule has 1 N–H and O–H groups in total. The predicted molar refractivity (Wildman–Crippen MR) is 83.1 cm³/mol. The second-order valence-electron chi connectivity index (χ2n) is 5.24. The topological polar surface area (TPSA) is 45.0 Å². The lowest BCUT2D eigenvalue weighted by atomic mass is 9.87. The summed E-state index contributed by atoms with van der Waals surface area (Å²) in [6.45, 7) is 0. The van der Waals surface area contributed by atoms with E-state index in [4.69, 9.17) is 4.74 Å². The van der Waals surface area contributed by atoms with Crippen LogP contribution in [0.3, 0.4) is 0 Å². The Morgan fingerprint density at radius 1 is 1.55 bits per heavy atom. The number of hydrogen-bond donors (Lipinski definition) is 1. The summed E-state index contributed by atoms with van der Waals surface area (Å²) in [5.41, 5.74) is -0.297. The van der Waals surface area contributed by atoms with Gasteiger partial charge in [0, 0.05) is 4.90 Å². The third-order valence-electron chi connectivity index (χ3n) is 4.24. The summed E-state index contributed by atoms with van der Waals surface area (Å²) >= 11 is 1.84. The number of ether oxygens (including phenoxy) is 1. The maximum atomic E-state index is 9.44. The van der Waals surface area contributed by atoms with Gasteiger partial charge >= 0.3 is 0 Å². The van der Waals surface area contributed by atoms with E-state index in [9.17, 15) is 5.26 Å². The Labute approximate surface area is 125 Å². The van der Waals surface area contributed by atoms with Crippen LogP contribution in [0, 0.1) is 17.2 Å². The lowest BCUT2D eigenvalue weighted by Crippen LogP contribution is -2.44. The Bertz CT molecular complexity index is 486. The normalized spacial score (nSPS) is 25.4. The number of nitrogens with zero attached hydrogens (tertiary/aromatic N) is 1. The highest BCUT2D eigenvalue weighted by Crippen LogP contribution is 2.38. The summed E-state index contributed by atoms with van der Waals surface area (Å²) in [4.78, 5) is 1.23. The van der Waals surface area contributed by atoms with Gasteiger partial charge in [-0.15, -0.1) is 11.8 Å². The number of thioether (sulfide) groups is 1. The molecule has 108 valence electrons. The Morgan fingerprint density at radius 2 is 2.40 bits per heavy atom.